The van der Waals surface area contributed by atoms with Crippen molar-refractivity contribution in [2.45, 2.75) is 32.2 Å². The zero-order chi connectivity index (χ0) is 12.8. The predicted molar refractivity (Wildman–Crippen MR) is 72.7 cm³/mol. The molecule has 3 N–H and O–H groups in total. The van der Waals surface area contributed by atoms with Crippen molar-refractivity contribution < 1.29 is 5.21 Å². The van der Waals surface area contributed by atoms with Gasteiger partial charge in [0.25, 0.3) is 0 Å². The molecular formula is C14H21N3O. The minimum absolute atomic E-state index is 0.324. The molecule has 0 fully saturated rings. The molecule has 98 valence electrons. The van der Waals surface area contributed by atoms with E-state index in [1.807, 2.05) is 0 Å². The lowest BCUT2D eigenvalue weighted by molar-refractivity contribution is 0.267. The van der Waals surface area contributed by atoms with Crippen molar-refractivity contribution in [3.63, 3.8) is 0 Å². The van der Waals surface area contributed by atoms with Gasteiger partial charge in [-0.3, -0.25) is 4.90 Å². The van der Waals surface area contributed by atoms with Gasteiger partial charge < -0.3 is 10.9 Å². The highest BCUT2D eigenvalue weighted by atomic mass is 16.4. The summed E-state index contributed by atoms with van der Waals surface area (Å²) in [4.78, 5) is 2.45. The molecule has 2 rings (SSSR count). The van der Waals surface area contributed by atoms with Crippen LogP contribution in [-0.4, -0.2) is 29.0 Å². The monoisotopic (exact) mass is 247 g/mol. The van der Waals surface area contributed by atoms with Gasteiger partial charge >= 0.3 is 0 Å². The first-order chi connectivity index (χ1) is 8.79. The lowest BCUT2D eigenvalue weighted by atomic mass is 10.0. The van der Waals surface area contributed by atoms with E-state index in [9.17, 15) is 0 Å². The van der Waals surface area contributed by atoms with E-state index in [1.165, 1.54) is 24.0 Å². The summed E-state index contributed by atoms with van der Waals surface area (Å²) < 4.78 is 0. The number of oxime groups is 1. The van der Waals surface area contributed by atoms with Gasteiger partial charge in [0.05, 0.1) is 0 Å². The van der Waals surface area contributed by atoms with Crippen LogP contribution in [0.1, 0.15) is 30.4 Å². The third-order valence-corrected chi connectivity index (χ3v) is 3.47. The van der Waals surface area contributed by atoms with Crippen molar-refractivity contribution >= 4 is 5.84 Å². The Labute approximate surface area is 108 Å². The standard InChI is InChI=1S/C14H21N3O/c15-14(16-18)8-4-10-17-9-3-7-12-5-1-2-6-13(12)11-17/h1-2,5-6,18H,3-4,7-11H2,(H2,15,16). The summed E-state index contributed by atoms with van der Waals surface area (Å²) in [6, 6.07) is 8.68. The molecule has 4 heteroatoms. The molecule has 1 aliphatic heterocycles. The van der Waals surface area contributed by atoms with Crippen LogP contribution in [0, 0.1) is 0 Å². The molecule has 1 aliphatic rings. The van der Waals surface area contributed by atoms with Crippen LogP contribution >= 0.6 is 0 Å². The third-order valence-electron chi connectivity index (χ3n) is 3.47. The largest absolute Gasteiger partial charge is 0.409 e. The topological polar surface area (TPSA) is 61.8 Å². The van der Waals surface area contributed by atoms with E-state index in [0.29, 0.717) is 12.3 Å². The molecule has 1 heterocycles. The van der Waals surface area contributed by atoms with Gasteiger partial charge in [-0.1, -0.05) is 29.4 Å². The molecule has 0 saturated heterocycles. The number of nitrogens with two attached hydrogens (primary N) is 1. The van der Waals surface area contributed by atoms with Crippen molar-refractivity contribution in [2.75, 3.05) is 13.1 Å². The molecule has 0 saturated carbocycles. The predicted octanol–water partition coefficient (Wildman–Crippen LogP) is 1.96. The zero-order valence-corrected chi connectivity index (χ0v) is 10.7. The average Bonchev–Trinajstić information content (AvgIpc) is 2.60. The highest BCUT2D eigenvalue weighted by molar-refractivity contribution is 5.79. The molecule has 1 aromatic rings. The molecule has 0 radical (unpaired) electrons. The van der Waals surface area contributed by atoms with E-state index in [2.05, 4.69) is 34.3 Å². The molecule has 0 aromatic heterocycles. The van der Waals surface area contributed by atoms with Gasteiger partial charge in [-0.15, -0.1) is 0 Å². The second-order valence-electron chi connectivity index (χ2n) is 4.84. The Morgan fingerprint density at radius 3 is 2.89 bits per heavy atom. The SMILES string of the molecule is NC(CCCN1CCCc2ccccc2C1)=NO. The number of hydrogen-bond donors (Lipinski definition) is 2. The number of benzene rings is 1. The first-order valence-corrected chi connectivity index (χ1v) is 6.55. The fourth-order valence-electron chi connectivity index (χ4n) is 2.49. The first-order valence-electron chi connectivity index (χ1n) is 6.55. The normalized spacial score (nSPS) is 17.2. The molecule has 18 heavy (non-hydrogen) atoms. The summed E-state index contributed by atoms with van der Waals surface area (Å²) in [5.41, 5.74) is 8.40. The van der Waals surface area contributed by atoms with Crippen molar-refractivity contribution in [3.05, 3.63) is 35.4 Å². The maximum Gasteiger partial charge on any atom is 0.139 e. The smallest absolute Gasteiger partial charge is 0.139 e. The Bertz CT molecular complexity index is 417. The summed E-state index contributed by atoms with van der Waals surface area (Å²) in [6.07, 6.45) is 3.99. The van der Waals surface area contributed by atoms with Crippen LogP contribution in [0.15, 0.2) is 29.4 Å². The number of aryl methyl sites for hydroxylation is 1. The second-order valence-corrected chi connectivity index (χ2v) is 4.84. The van der Waals surface area contributed by atoms with E-state index in [4.69, 9.17) is 10.9 Å². The quantitative estimate of drug-likeness (QED) is 0.370. The van der Waals surface area contributed by atoms with Crippen LogP contribution in [0.25, 0.3) is 0 Å². The average molecular weight is 247 g/mol. The highest BCUT2D eigenvalue weighted by Crippen LogP contribution is 2.18. The number of hydrogen-bond acceptors (Lipinski definition) is 3. The van der Waals surface area contributed by atoms with E-state index in [1.54, 1.807) is 0 Å². The lowest BCUT2D eigenvalue weighted by Crippen LogP contribution is -2.25. The summed E-state index contributed by atoms with van der Waals surface area (Å²) >= 11 is 0. The molecule has 0 amide bonds. The van der Waals surface area contributed by atoms with Crippen LogP contribution < -0.4 is 5.73 Å². The van der Waals surface area contributed by atoms with Gasteiger partial charge in [-0.2, -0.15) is 0 Å². The first kappa shape index (κ1) is 12.9. The van der Waals surface area contributed by atoms with Gasteiger partial charge in [-0.05, 0) is 43.5 Å². The minimum Gasteiger partial charge on any atom is -0.409 e. The van der Waals surface area contributed by atoms with Crippen LogP contribution in [0.3, 0.4) is 0 Å². The minimum atomic E-state index is 0.324. The van der Waals surface area contributed by atoms with Crippen LogP contribution in [-0.2, 0) is 13.0 Å². The Balaban J connectivity index is 1.88. The summed E-state index contributed by atoms with van der Waals surface area (Å²) in [7, 11) is 0. The molecule has 0 unspecified atom stereocenters. The number of amidine groups is 1. The Kier molecular flexibility index (Phi) is 4.59. The molecule has 0 atom stereocenters. The van der Waals surface area contributed by atoms with Crippen LogP contribution in [0.4, 0.5) is 0 Å². The van der Waals surface area contributed by atoms with Crippen molar-refractivity contribution in [1.82, 2.24) is 4.90 Å². The zero-order valence-electron chi connectivity index (χ0n) is 10.7. The highest BCUT2D eigenvalue weighted by Gasteiger charge is 2.13. The fraction of sp³-hybridized carbons (Fsp3) is 0.500. The Morgan fingerprint density at radius 2 is 2.11 bits per heavy atom. The number of nitrogens with zero attached hydrogens (tertiary/aromatic N) is 2. The van der Waals surface area contributed by atoms with Gasteiger partial charge in [0.2, 0.25) is 0 Å². The second kappa shape index (κ2) is 6.40. The lowest BCUT2D eigenvalue weighted by Gasteiger charge is -2.20. The van der Waals surface area contributed by atoms with Crippen molar-refractivity contribution in [3.8, 4) is 0 Å². The fourth-order valence-corrected chi connectivity index (χ4v) is 2.49. The molecule has 0 aliphatic carbocycles. The molecule has 0 spiro atoms. The number of fused-ring (bicyclic) bond motifs is 1. The van der Waals surface area contributed by atoms with Gasteiger partial charge in [0.15, 0.2) is 0 Å². The third kappa shape index (κ3) is 3.47. The van der Waals surface area contributed by atoms with Crippen molar-refractivity contribution in [1.29, 1.82) is 0 Å². The van der Waals surface area contributed by atoms with Gasteiger partial charge in [0.1, 0.15) is 5.84 Å². The molecular weight excluding hydrogens is 226 g/mol. The maximum absolute atomic E-state index is 8.50. The van der Waals surface area contributed by atoms with E-state index in [-0.39, 0.29) is 0 Å². The van der Waals surface area contributed by atoms with Crippen LogP contribution in [0.2, 0.25) is 0 Å². The maximum atomic E-state index is 8.50. The molecule has 4 nitrogen and oxygen atoms in total. The summed E-state index contributed by atoms with van der Waals surface area (Å²) in [6.45, 7) is 3.15. The molecule has 0 bridgehead atoms. The van der Waals surface area contributed by atoms with Crippen LogP contribution in [0.5, 0.6) is 0 Å². The summed E-state index contributed by atoms with van der Waals surface area (Å²) in [5, 5.41) is 11.5. The Hall–Kier alpha value is -1.55. The van der Waals surface area contributed by atoms with E-state index < -0.39 is 0 Å². The van der Waals surface area contributed by atoms with E-state index >= 15 is 0 Å². The van der Waals surface area contributed by atoms with Crippen molar-refractivity contribution in [2.24, 2.45) is 10.9 Å². The van der Waals surface area contributed by atoms with Gasteiger partial charge in [-0.25, -0.2) is 0 Å². The Morgan fingerprint density at radius 1 is 1.33 bits per heavy atom. The van der Waals surface area contributed by atoms with Gasteiger partial charge in [0, 0.05) is 13.0 Å². The molecule has 1 aromatic carbocycles. The number of rotatable bonds is 4. The van der Waals surface area contributed by atoms with E-state index in [0.717, 1.165) is 26.1 Å². The summed E-state index contributed by atoms with van der Waals surface area (Å²) in [5.74, 6) is 0.324.